The fourth-order valence-corrected chi connectivity index (χ4v) is 2.45. The van der Waals surface area contributed by atoms with Crippen LogP contribution in [-0.4, -0.2) is 28.1 Å². The van der Waals surface area contributed by atoms with Crippen LogP contribution in [0.1, 0.15) is 11.4 Å². The number of rotatable bonds is 3. The zero-order valence-electron chi connectivity index (χ0n) is 11.7. The Balaban J connectivity index is 1.62. The van der Waals surface area contributed by atoms with Gasteiger partial charge >= 0.3 is 0 Å². The van der Waals surface area contributed by atoms with Crippen molar-refractivity contribution in [3.63, 3.8) is 0 Å². The Labute approximate surface area is 121 Å². The maximum absolute atomic E-state index is 13.2. The number of aromatic nitrogens is 2. The van der Waals surface area contributed by atoms with E-state index < -0.39 is 0 Å². The molecule has 0 radical (unpaired) electrons. The van der Waals surface area contributed by atoms with Crippen LogP contribution in [0.5, 0.6) is 5.75 Å². The third kappa shape index (κ3) is 3.04. The first-order valence-corrected chi connectivity index (χ1v) is 6.80. The van der Waals surface area contributed by atoms with Crippen molar-refractivity contribution < 1.29 is 13.9 Å². The molecule has 1 aliphatic rings. The van der Waals surface area contributed by atoms with Gasteiger partial charge in [-0.2, -0.15) is 0 Å². The number of hydrogen-bond acceptors (Lipinski definition) is 3. The number of hydrogen-bond donors (Lipinski definition) is 1. The Kier molecular flexibility index (Phi) is 3.60. The molecule has 0 bridgehead atoms. The number of aryl methyl sites for hydroxylation is 1. The smallest absolute Gasteiger partial charge is 0.240 e. The fourth-order valence-electron chi connectivity index (χ4n) is 2.45. The molecule has 2 heterocycles. The minimum absolute atomic E-state index is 0.107. The summed E-state index contributed by atoms with van der Waals surface area (Å²) in [6.07, 6.45) is 3.99. The van der Waals surface area contributed by atoms with Crippen molar-refractivity contribution in [2.45, 2.75) is 25.9 Å². The molecule has 21 heavy (non-hydrogen) atoms. The molecule has 110 valence electrons. The van der Waals surface area contributed by atoms with Gasteiger partial charge in [-0.3, -0.25) is 4.79 Å². The number of imidazole rings is 1. The van der Waals surface area contributed by atoms with E-state index in [4.69, 9.17) is 4.74 Å². The molecule has 1 N–H and O–H groups in total. The lowest BCUT2D eigenvalue weighted by Crippen LogP contribution is -2.44. The molecule has 0 saturated carbocycles. The lowest BCUT2D eigenvalue weighted by atomic mass is 10.0. The van der Waals surface area contributed by atoms with Gasteiger partial charge in [0.25, 0.3) is 0 Å². The van der Waals surface area contributed by atoms with Gasteiger partial charge in [0.15, 0.2) is 0 Å². The number of ether oxygens (including phenoxy) is 1. The maximum Gasteiger partial charge on any atom is 0.240 e. The van der Waals surface area contributed by atoms with E-state index in [9.17, 15) is 9.18 Å². The minimum atomic E-state index is -0.293. The third-order valence-electron chi connectivity index (χ3n) is 3.53. The van der Waals surface area contributed by atoms with Crippen LogP contribution in [0, 0.1) is 12.7 Å². The normalized spacial score (nSPS) is 17.0. The first-order chi connectivity index (χ1) is 10.1. The SMILES string of the molecule is Cc1nccn1CC(=O)NC1COc2ccc(F)cc2C1. The van der Waals surface area contributed by atoms with Crippen LogP contribution in [-0.2, 0) is 17.8 Å². The van der Waals surface area contributed by atoms with Gasteiger partial charge in [-0.05, 0) is 37.1 Å². The van der Waals surface area contributed by atoms with Gasteiger partial charge in [-0.25, -0.2) is 9.37 Å². The predicted octanol–water partition coefficient (Wildman–Crippen LogP) is 1.45. The number of carbonyl (C=O) groups excluding carboxylic acids is 1. The molecule has 1 aromatic heterocycles. The van der Waals surface area contributed by atoms with Gasteiger partial charge in [0, 0.05) is 12.4 Å². The lowest BCUT2D eigenvalue weighted by molar-refractivity contribution is -0.122. The summed E-state index contributed by atoms with van der Waals surface area (Å²) in [7, 11) is 0. The van der Waals surface area contributed by atoms with E-state index in [1.807, 2.05) is 6.92 Å². The Morgan fingerprint density at radius 3 is 3.19 bits per heavy atom. The first-order valence-electron chi connectivity index (χ1n) is 6.80. The molecule has 1 aliphatic heterocycles. The van der Waals surface area contributed by atoms with Crippen molar-refractivity contribution in [3.05, 3.63) is 47.8 Å². The summed E-state index contributed by atoms with van der Waals surface area (Å²) in [6.45, 7) is 2.46. The van der Waals surface area contributed by atoms with E-state index in [0.717, 1.165) is 11.4 Å². The van der Waals surface area contributed by atoms with Gasteiger partial charge in [-0.1, -0.05) is 0 Å². The average molecular weight is 289 g/mol. The molecule has 1 amide bonds. The Hall–Kier alpha value is -2.37. The van der Waals surface area contributed by atoms with E-state index in [0.29, 0.717) is 18.8 Å². The molecule has 1 unspecified atom stereocenters. The maximum atomic E-state index is 13.2. The Morgan fingerprint density at radius 1 is 1.57 bits per heavy atom. The Morgan fingerprint density at radius 2 is 2.43 bits per heavy atom. The van der Waals surface area contributed by atoms with Gasteiger partial charge in [0.2, 0.25) is 5.91 Å². The van der Waals surface area contributed by atoms with Crippen LogP contribution in [0.15, 0.2) is 30.6 Å². The first kappa shape index (κ1) is 13.6. The number of fused-ring (bicyclic) bond motifs is 1. The van der Waals surface area contributed by atoms with Crippen LogP contribution in [0.2, 0.25) is 0 Å². The van der Waals surface area contributed by atoms with Crippen LogP contribution in [0.25, 0.3) is 0 Å². The molecule has 0 saturated heterocycles. The highest BCUT2D eigenvalue weighted by Crippen LogP contribution is 2.25. The number of nitrogens with zero attached hydrogens (tertiary/aromatic N) is 2. The quantitative estimate of drug-likeness (QED) is 0.930. The van der Waals surface area contributed by atoms with Crippen molar-refractivity contribution in [3.8, 4) is 5.75 Å². The van der Waals surface area contributed by atoms with Gasteiger partial charge in [0.05, 0.1) is 6.04 Å². The number of carbonyl (C=O) groups is 1. The topological polar surface area (TPSA) is 56.2 Å². The number of halogens is 1. The predicted molar refractivity (Wildman–Crippen MR) is 74.5 cm³/mol. The summed E-state index contributed by atoms with van der Waals surface area (Å²) in [5.74, 6) is 1.08. The third-order valence-corrected chi connectivity index (χ3v) is 3.53. The van der Waals surface area contributed by atoms with Crippen molar-refractivity contribution in [1.29, 1.82) is 0 Å². The van der Waals surface area contributed by atoms with E-state index >= 15 is 0 Å². The second-order valence-corrected chi connectivity index (χ2v) is 5.13. The molecule has 1 aromatic carbocycles. The highest BCUT2D eigenvalue weighted by Gasteiger charge is 2.22. The minimum Gasteiger partial charge on any atom is -0.491 e. The highest BCUT2D eigenvalue weighted by atomic mass is 19.1. The highest BCUT2D eigenvalue weighted by molar-refractivity contribution is 5.76. The zero-order valence-corrected chi connectivity index (χ0v) is 11.7. The summed E-state index contributed by atoms with van der Waals surface area (Å²) in [5.41, 5.74) is 0.783. The molecule has 0 fully saturated rings. The molecular weight excluding hydrogens is 273 g/mol. The standard InChI is InChI=1S/C15H16FN3O2/c1-10-17-4-5-19(10)8-15(20)18-13-7-11-6-12(16)2-3-14(11)21-9-13/h2-6,13H,7-9H2,1H3,(H,18,20). The summed E-state index contributed by atoms with van der Waals surface area (Å²) >= 11 is 0. The van der Waals surface area contributed by atoms with E-state index in [1.165, 1.54) is 12.1 Å². The van der Waals surface area contributed by atoms with Crippen LogP contribution >= 0.6 is 0 Å². The number of amides is 1. The molecule has 0 aliphatic carbocycles. The van der Waals surface area contributed by atoms with Crippen LogP contribution in [0.4, 0.5) is 4.39 Å². The largest absolute Gasteiger partial charge is 0.491 e. The van der Waals surface area contributed by atoms with Crippen molar-refractivity contribution in [2.24, 2.45) is 0 Å². The van der Waals surface area contributed by atoms with E-state index in [1.54, 1.807) is 23.0 Å². The van der Waals surface area contributed by atoms with Crippen molar-refractivity contribution in [1.82, 2.24) is 14.9 Å². The molecule has 2 aromatic rings. The molecule has 6 heteroatoms. The summed E-state index contributed by atoms with van der Waals surface area (Å²) in [4.78, 5) is 16.1. The van der Waals surface area contributed by atoms with Gasteiger partial charge in [-0.15, -0.1) is 0 Å². The molecule has 3 rings (SSSR count). The second-order valence-electron chi connectivity index (χ2n) is 5.13. The van der Waals surface area contributed by atoms with Gasteiger partial charge in [0.1, 0.15) is 30.5 Å². The monoisotopic (exact) mass is 289 g/mol. The van der Waals surface area contributed by atoms with E-state index in [2.05, 4.69) is 10.3 Å². The summed E-state index contributed by atoms with van der Waals surface area (Å²) in [5, 5.41) is 2.91. The van der Waals surface area contributed by atoms with Crippen LogP contribution < -0.4 is 10.1 Å². The Bertz CT molecular complexity index is 669. The molecule has 0 spiro atoms. The van der Waals surface area contributed by atoms with Crippen molar-refractivity contribution >= 4 is 5.91 Å². The molecule has 1 atom stereocenters. The fraction of sp³-hybridized carbons (Fsp3) is 0.333. The van der Waals surface area contributed by atoms with E-state index in [-0.39, 0.29) is 24.3 Å². The zero-order chi connectivity index (χ0) is 14.8. The lowest BCUT2D eigenvalue weighted by Gasteiger charge is -2.26. The molecular formula is C15H16FN3O2. The summed E-state index contributed by atoms with van der Waals surface area (Å²) < 4.78 is 20.5. The summed E-state index contributed by atoms with van der Waals surface area (Å²) in [6, 6.07) is 4.31. The second kappa shape index (κ2) is 5.55. The molecule has 5 nitrogen and oxygen atoms in total. The average Bonchev–Trinajstić information content (AvgIpc) is 2.83. The van der Waals surface area contributed by atoms with Crippen LogP contribution in [0.3, 0.4) is 0 Å². The van der Waals surface area contributed by atoms with Crippen molar-refractivity contribution in [2.75, 3.05) is 6.61 Å². The van der Waals surface area contributed by atoms with Gasteiger partial charge < -0.3 is 14.6 Å². The number of benzene rings is 1. The number of nitrogens with one attached hydrogen (secondary N) is 1.